The minimum atomic E-state index is -0.582. The number of Topliss-reactive ketones (excluding diaryl/α,β-unsaturated/α-hetero) is 1. The largest absolute Gasteiger partial charge is 0.504 e. The molecule has 0 amide bonds. The molecule has 0 atom stereocenters. The molecule has 0 unspecified atom stereocenters. The Balaban J connectivity index is 1.29. The fourth-order valence-electron chi connectivity index (χ4n) is 5.51. The molecule has 0 heterocycles. The standard InChI is InChI=1S/C20H24O5/c21-16-3-1-2-4-17(16)24-12-19(23)25-11-18(22)20-8-13-5-14(9-20)7-15(6-13)10-20/h1-4,13-15,21H,5-12H2. The van der Waals surface area contributed by atoms with Gasteiger partial charge in [-0.1, -0.05) is 12.1 Å². The summed E-state index contributed by atoms with van der Waals surface area (Å²) in [5.41, 5.74) is -0.242. The molecule has 4 fully saturated rings. The molecule has 5 heteroatoms. The molecule has 5 nitrogen and oxygen atoms in total. The van der Waals surface area contributed by atoms with Crippen LogP contribution in [0.1, 0.15) is 38.5 Å². The molecule has 5 rings (SSSR count). The number of benzene rings is 1. The van der Waals surface area contributed by atoms with Crippen molar-refractivity contribution in [1.82, 2.24) is 0 Å². The molecule has 0 spiro atoms. The lowest BCUT2D eigenvalue weighted by atomic mass is 9.48. The lowest BCUT2D eigenvalue weighted by Crippen LogP contribution is -2.51. The van der Waals surface area contributed by atoms with Crippen LogP contribution in [-0.4, -0.2) is 30.1 Å². The number of carbonyl (C=O) groups is 2. The van der Waals surface area contributed by atoms with Crippen LogP contribution in [0.25, 0.3) is 0 Å². The highest BCUT2D eigenvalue weighted by atomic mass is 16.6. The van der Waals surface area contributed by atoms with Gasteiger partial charge in [-0.3, -0.25) is 4.79 Å². The predicted octanol–water partition coefficient (Wildman–Crippen LogP) is 3.10. The Morgan fingerprint density at radius 1 is 1.00 bits per heavy atom. The predicted molar refractivity (Wildman–Crippen MR) is 90.2 cm³/mol. The summed E-state index contributed by atoms with van der Waals surface area (Å²) >= 11 is 0. The summed E-state index contributed by atoms with van der Waals surface area (Å²) in [6.45, 7) is -0.471. The van der Waals surface area contributed by atoms with Crippen molar-refractivity contribution in [3.63, 3.8) is 0 Å². The first-order valence-corrected chi connectivity index (χ1v) is 9.14. The number of para-hydroxylation sites is 2. The van der Waals surface area contributed by atoms with Gasteiger partial charge in [0, 0.05) is 5.41 Å². The molecule has 4 saturated carbocycles. The normalized spacial score (nSPS) is 32.4. The minimum absolute atomic E-state index is 0.0278. The molecule has 25 heavy (non-hydrogen) atoms. The van der Waals surface area contributed by atoms with Crippen LogP contribution in [-0.2, 0) is 14.3 Å². The molecule has 4 aliphatic carbocycles. The highest BCUT2D eigenvalue weighted by Gasteiger charge is 2.54. The van der Waals surface area contributed by atoms with Crippen molar-refractivity contribution in [2.24, 2.45) is 23.2 Å². The van der Waals surface area contributed by atoms with E-state index in [0.717, 1.165) is 19.3 Å². The lowest BCUT2D eigenvalue weighted by Gasteiger charge is -2.55. The zero-order valence-corrected chi connectivity index (χ0v) is 14.3. The zero-order chi connectivity index (χ0) is 17.4. The van der Waals surface area contributed by atoms with Gasteiger partial charge in [0.2, 0.25) is 0 Å². The van der Waals surface area contributed by atoms with E-state index in [1.54, 1.807) is 18.2 Å². The van der Waals surface area contributed by atoms with Crippen molar-refractivity contribution in [3.8, 4) is 11.5 Å². The van der Waals surface area contributed by atoms with Gasteiger partial charge in [0.1, 0.15) is 0 Å². The third-order valence-corrected chi connectivity index (χ3v) is 6.20. The SMILES string of the molecule is O=C(COc1ccccc1O)OCC(=O)C12CC3CC(CC(C3)C1)C2. The Labute approximate surface area is 147 Å². The second-order valence-corrected chi connectivity index (χ2v) is 8.04. The molecule has 0 radical (unpaired) electrons. The Morgan fingerprint density at radius 3 is 2.20 bits per heavy atom. The van der Waals surface area contributed by atoms with Crippen molar-refractivity contribution in [1.29, 1.82) is 0 Å². The van der Waals surface area contributed by atoms with E-state index < -0.39 is 5.97 Å². The van der Waals surface area contributed by atoms with E-state index in [9.17, 15) is 14.7 Å². The fourth-order valence-corrected chi connectivity index (χ4v) is 5.51. The monoisotopic (exact) mass is 344 g/mol. The van der Waals surface area contributed by atoms with Gasteiger partial charge in [-0.2, -0.15) is 0 Å². The van der Waals surface area contributed by atoms with Crippen LogP contribution >= 0.6 is 0 Å². The van der Waals surface area contributed by atoms with Gasteiger partial charge < -0.3 is 14.6 Å². The number of aromatic hydroxyl groups is 1. The molecule has 4 aliphatic rings. The number of esters is 1. The highest BCUT2D eigenvalue weighted by molar-refractivity contribution is 5.88. The van der Waals surface area contributed by atoms with Crippen molar-refractivity contribution in [2.75, 3.05) is 13.2 Å². The summed E-state index contributed by atoms with van der Waals surface area (Å²) < 4.78 is 10.4. The number of hydrogen-bond donors (Lipinski definition) is 1. The average Bonchev–Trinajstić information content (AvgIpc) is 2.57. The van der Waals surface area contributed by atoms with Crippen molar-refractivity contribution in [2.45, 2.75) is 38.5 Å². The summed E-state index contributed by atoms with van der Waals surface area (Å²) in [6, 6.07) is 6.43. The number of ether oxygens (including phenoxy) is 2. The third kappa shape index (κ3) is 3.24. The van der Waals surface area contributed by atoms with Crippen LogP contribution in [0.4, 0.5) is 0 Å². The van der Waals surface area contributed by atoms with Crippen LogP contribution < -0.4 is 4.74 Å². The topological polar surface area (TPSA) is 72.8 Å². The van der Waals surface area contributed by atoms with Gasteiger partial charge in [0.15, 0.2) is 30.5 Å². The van der Waals surface area contributed by atoms with Gasteiger partial charge >= 0.3 is 5.97 Å². The van der Waals surface area contributed by atoms with Crippen molar-refractivity contribution >= 4 is 11.8 Å². The maximum atomic E-state index is 12.8. The van der Waals surface area contributed by atoms with Crippen LogP contribution in [0.15, 0.2) is 24.3 Å². The minimum Gasteiger partial charge on any atom is -0.504 e. The quantitative estimate of drug-likeness (QED) is 0.803. The molecule has 1 N–H and O–H groups in total. The fraction of sp³-hybridized carbons (Fsp3) is 0.600. The zero-order valence-electron chi connectivity index (χ0n) is 14.3. The first-order valence-electron chi connectivity index (χ1n) is 9.14. The third-order valence-electron chi connectivity index (χ3n) is 6.20. The van der Waals surface area contributed by atoms with E-state index in [0.29, 0.717) is 17.8 Å². The summed E-state index contributed by atoms with van der Waals surface area (Å²) in [5, 5.41) is 9.61. The van der Waals surface area contributed by atoms with Crippen molar-refractivity contribution in [3.05, 3.63) is 24.3 Å². The van der Waals surface area contributed by atoms with Crippen LogP contribution in [0.5, 0.6) is 11.5 Å². The summed E-state index contributed by atoms with van der Waals surface area (Å²) in [5.74, 6) is 1.77. The first-order chi connectivity index (χ1) is 12.0. The highest BCUT2D eigenvalue weighted by Crippen LogP contribution is 2.60. The number of phenols is 1. The maximum absolute atomic E-state index is 12.8. The van der Waals surface area contributed by atoms with Gasteiger partial charge in [0.25, 0.3) is 0 Å². The molecular formula is C20H24O5. The van der Waals surface area contributed by atoms with Gasteiger partial charge in [-0.05, 0) is 68.4 Å². The maximum Gasteiger partial charge on any atom is 0.344 e. The van der Waals surface area contributed by atoms with E-state index in [-0.39, 0.29) is 35.9 Å². The van der Waals surface area contributed by atoms with Gasteiger partial charge in [-0.15, -0.1) is 0 Å². The van der Waals surface area contributed by atoms with E-state index in [1.807, 2.05) is 0 Å². The van der Waals surface area contributed by atoms with Gasteiger partial charge in [-0.25, -0.2) is 4.79 Å². The number of hydrogen-bond acceptors (Lipinski definition) is 5. The second kappa shape index (κ2) is 6.36. The van der Waals surface area contributed by atoms with Crippen LogP contribution in [0.3, 0.4) is 0 Å². The van der Waals surface area contributed by atoms with Crippen LogP contribution in [0.2, 0.25) is 0 Å². The molecule has 134 valence electrons. The molecule has 1 aromatic rings. The first kappa shape index (κ1) is 16.4. The lowest BCUT2D eigenvalue weighted by molar-refractivity contribution is -0.158. The summed E-state index contributed by atoms with van der Waals surface area (Å²) in [7, 11) is 0. The molecule has 0 saturated heterocycles. The number of rotatable bonds is 6. The molecule has 1 aromatic carbocycles. The molecule has 4 bridgehead atoms. The van der Waals surface area contributed by atoms with Crippen LogP contribution in [0, 0.1) is 23.2 Å². The van der Waals surface area contributed by atoms with Crippen molar-refractivity contribution < 1.29 is 24.2 Å². The smallest absolute Gasteiger partial charge is 0.344 e. The van der Waals surface area contributed by atoms with E-state index in [1.165, 1.54) is 25.3 Å². The number of ketones is 1. The summed E-state index contributed by atoms with van der Waals surface area (Å²) in [4.78, 5) is 24.6. The Hall–Kier alpha value is -2.04. The van der Waals surface area contributed by atoms with E-state index in [4.69, 9.17) is 9.47 Å². The molecule has 0 aliphatic heterocycles. The Morgan fingerprint density at radius 2 is 1.60 bits per heavy atom. The Kier molecular flexibility index (Phi) is 4.18. The van der Waals surface area contributed by atoms with Gasteiger partial charge in [0.05, 0.1) is 0 Å². The summed E-state index contributed by atoms with van der Waals surface area (Å²) in [6.07, 6.45) is 6.76. The van der Waals surface area contributed by atoms with E-state index in [2.05, 4.69) is 0 Å². The Bertz CT molecular complexity index is 645. The average molecular weight is 344 g/mol. The molecule has 0 aromatic heterocycles. The number of carbonyl (C=O) groups excluding carboxylic acids is 2. The molecular weight excluding hydrogens is 320 g/mol. The second-order valence-electron chi connectivity index (χ2n) is 8.04. The number of phenolic OH excluding ortho intramolecular Hbond substituents is 1. The van der Waals surface area contributed by atoms with E-state index >= 15 is 0 Å².